The van der Waals surface area contributed by atoms with E-state index >= 15 is 0 Å². The number of halogens is 3. The number of piperidine rings is 1. The van der Waals surface area contributed by atoms with Crippen molar-refractivity contribution in [2.24, 2.45) is 0 Å². The molecule has 0 aliphatic carbocycles. The van der Waals surface area contributed by atoms with E-state index < -0.39 is 11.7 Å². The van der Waals surface area contributed by atoms with Crippen LogP contribution in [0.1, 0.15) is 42.5 Å². The summed E-state index contributed by atoms with van der Waals surface area (Å²) >= 11 is 0. The molecular formula is C25H30F3N5. The van der Waals surface area contributed by atoms with E-state index in [4.69, 9.17) is 0 Å². The van der Waals surface area contributed by atoms with Gasteiger partial charge in [0.2, 0.25) is 0 Å². The Bertz CT molecular complexity index is 1130. The van der Waals surface area contributed by atoms with Gasteiger partial charge in [-0.05, 0) is 70.1 Å². The summed E-state index contributed by atoms with van der Waals surface area (Å²) in [6, 6.07) is 10.7. The zero-order valence-electron chi connectivity index (χ0n) is 19.4. The number of nitrogens with zero attached hydrogens (tertiary/aromatic N) is 4. The van der Waals surface area contributed by atoms with E-state index in [1.165, 1.54) is 19.4 Å². The van der Waals surface area contributed by atoms with Crippen LogP contribution in [0.5, 0.6) is 0 Å². The lowest BCUT2D eigenvalue weighted by atomic mass is 9.97. The van der Waals surface area contributed by atoms with Crippen molar-refractivity contribution in [3.8, 4) is 0 Å². The molecule has 2 heterocycles. The van der Waals surface area contributed by atoms with Gasteiger partial charge in [0.1, 0.15) is 0 Å². The lowest BCUT2D eigenvalue weighted by Gasteiger charge is -2.37. The Morgan fingerprint density at radius 2 is 1.97 bits per heavy atom. The first-order valence-corrected chi connectivity index (χ1v) is 11.2. The number of alkyl halides is 3. The van der Waals surface area contributed by atoms with Gasteiger partial charge in [-0.2, -0.15) is 18.3 Å². The number of hydrogen-bond acceptors (Lipinski definition) is 5. The van der Waals surface area contributed by atoms with Gasteiger partial charge in [0, 0.05) is 35.6 Å². The minimum Gasteiger partial charge on any atom is -0.370 e. The number of benzene rings is 2. The zero-order chi connectivity index (χ0) is 23.8. The van der Waals surface area contributed by atoms with Crippen LogP contribution in [0.3, 0.4) is 0 Å². The predicted octanol–water partition coefficient (Wildman–Crippen LogP) is 5.66. The van der Waals surface area contributed by atoms with Gasteiger partial charge in [0.25, 0.3) is 0 Å². The third kappa shape index (κ3) is 4.90. The molecule has 176 valence electrons. The van der Waals surface area contributed by atoms with E-state index in [0.29, 0.717) is 17.4 Å². The zero-order valence-corrected chi connectivity index (χ0v) is 19.4. The fraction of sp³-hybridized carbons (Fsp3) is 0.440. The number of fused-ring (bicyclic) bond motifs is 1. The van der Waals surface area contributed by atoms with Crippen LogP contribution in [0.4, 0.5) is 24.7 Å². The maximum absolute atomic E-state index is 13.4. The maximum atomic E-state index is 13.4. The fourth-order valence-corrected chi connectivity index (χ4v) is 4.69. The minimum atomic E-state index is -4.38. The number of likely N-dealkylation sites (N-methyl/N-ethyl adjacent to an activating group) is 1. The quantitative estimate of drug-likeness (QED) is 0.536. The van der Waals surface area contributed by atoms with Crippen molar-refractivity contribution in [2.45, 2.75) is 44.9 Å². The second-order valence-corrected chi connectivity index (χ2v) is 9.05. The maximum Gasteiger partial charge on any atom is 0.416 e. The molecule has 1 saturated heterocycles. The Labute approximate surface area is 192 Å². The van der Waals surface area contributed by atoms with E-state index in [1.54, 1.807) is 12.3 Å². The van der Waals surface area contributed by atoms with Gasteiger partial charge in [-0.25, -0.2) is 0 Å². The molecule has 5 nitrogen and oxygen atoms in total. The molecule has 1 aliphatic rings. The lowest BCUT2D eigenvalue weighted by Crippen LogP contribution is -2.45. The fourth-order valence-electron chi connectivity index (χ4n) is 4.69. The first-order valence-electron chi connectivity index (χ1n) is 11.2. The normalized spacial score (nSPS) is 18.1. The van der Waals surface area contributed by atoms with Gasteiger partial charge >= 0.3 is 6.18 Å². The van der Waals surface area contributed by atoms with E-state index in [1.807, 2.05) is 13.0 Å². The molecule has 0 spiro atoms. The average Bonchev–Trinajstić information content (AvgIpc) is 2.78. The topological polar surface area (TPSA) is 44.3 Å². The van der Waals surface area contributed by atoms with Crippen LogP contribution in [0.25, 0.3) is 10.8 Å². The number of anilines is 2. The third-order valence-corrected chi connectivity index (χ3v) is 6.64. The van der Waals surface area contributed by atoms with E-state index in [2.05, 4.69) is 51.5 Å². The average molecular weight is 458 g/mol. The highest BCUT2D eigenvalue weighted by molar-refractivity contribution is 5.93. The molecule has 4 rings (SSSR count). The van der Waals surface area contributed by atoms with Gasteiger partial charge in [-0.15, -0.1) is 5.10 Å². The van der Waals surface area contributed by atoms with E-state index in [-0.39, 0.29) is 11.6 Å². The Hall–Kier alpha value is -2.87. The predicted molar refractivity (Wildman–Crippen MR) is 127 cm³/mol. The highest BCUT2D eigenvalue weighted by Crippen LogP contribution is 2.36. The third-order valence-electron chi connectivity index (χ3n) is 6.64. The van der Waals surface area contributed by atoms with Crippen molar-refractivity contribution in [3.05, 3.63) is 59.3 Å². The highest BCUT2D eigenvalue weighted by atomic mass is 19.4. The molecular weight excluding hydrogens is 427 g/mol. The largest absolute Gasteiger partial charge is 0.416 e. The van der Waals surface area contributed by atoms with Gasteiger partial charge < -0.3 is 15.1 Å². The minimum absolute atomic E-state index is 0.224. The van der Waals surface area contributed by atoms with Gasteiger partial charge in [-0.3, -0.25) is 0 Å². The van der Waals surface area contributed by atoms with Crippen LogP contribution in [0.15, 0.2) is 42.6 Å². The molecule has 1 aliphatic heterocycles. The van der Waals surface area contributed by atoms with Crippen molar-refractivity contribution in [1.82, 2.24) is 15.1 Å². The number of aromatic nitrogens is 2. The van der Waals surface area contributed by atoms with Crippen molar-refractivity contribution in [3.63, 3.8) is 0 Å². The van der Waals surface area contributed by atoms with Crippen LogP contribution < -0.4 is 10.2 Å². The van der Waals surface area contributed by atoms with E-state index in [0.717, 1.165) is 42.0 Å². The molecule has 1 aromatic heterocycles. The summed E-state index contributed by atoms with van der Waals surface area (Å²) in [5.74, 6) is 0.569. The summed E-state index contributed by atoms with van der Waals surface area (Å²) < 4.78 is 40.1. The highest BCUT2D eigenvalue weighted by Gasteiger charge is 2.33. The Balaban J connectivity index is 1.64. The molecule has 2 atom stereocenters. The van der Waals surface area contributed by atoms with Crippen molar-refractivity contribution in [2.75, 3.05) is 37.4 Å². The monoisotopic (exact) mass is 457 g/mol. The van der Waals surface area contributed by atoms with Crippen LogP contribution in [0, 0.1) is 6.92 Å². The number of rotatable bonds is 5. The van der Waals surface area contributed by atoms with E-state index in [9.17, 15) is 13.2 Å². The molecule has 2 aromatic carbocycles. The summed E-state index contributed by atoms with van der Waals surface area (Å²) in [7, 11) is 4.23. The standard InChI is InChI=1S/C25H30F3N5/c1-16-21(8-5-9-23(16)25(26,27)28)17(2)30-24-22-13-19(11-10-18(22)14-29-31-24)33-12-6-7-20(15-33)32(3)4/h5,8-11,13-14,17,20H,6-7,12,15H2,1-4H3,(H,30,31). The first-order chi connectivity index (χ1) is 15.6. The molecule has 0 radical (unpaired) electrons. The first kappa shape index (κ1) is 23.3. The molecule has 2 unspecified atom stereocenters. The molecule has 3 aromatic rings. The second kappa shape index (κ2) is 9.17. The van der Waals surface area contributed by atoms with Crippen LogP contribution in [0.2, 0.25) is 0 Å². The van der Waals surface area contributed by atoms with Crippen molar-refractivity contribution in [1.29, 1.82) is 0 Å². The Kier molecular flexibility index (Phi) is 6.47. The molecule has 33 heavy (non-hydrogen) atoms. The summed E-state index contributed by atoms with van der Waals surface area (Å²) in [6.45, 7) is 5.32. The van der Waals surface area contributed by atoms with Gasteiger partial charge in [0.15, 0.2) is 5.82 Å². The van der Waals surface area contributed by atoms with Crippen LogP contribution >= 0.6 is 0 Å². The van der Waals surface area contributed by atoms with Crippen LogP contribution in [-0.4, -0.2) is 48.3 Å². The molecule has 0 saturated carbocycles. The summed E-state index contributed by atoms with van der Waals surface area (Å²) in [6.07, 6.45) is -0.355. The molecule has 0 bridgehead atoms. The smallest absolute Gasteiger partial charge is 0.370 e. The van der Waals surface area contributed by atoms with Crippen molar-refractivity contribution >= 4 is 22.3 Å². The van der Waals surface area contributed by atoms with Gasteiger partial charge in [-0.1, -0.05) is 18.2 Å². The Morgan fingerprint density at radius 3 is 2.70 bits per heavy atom. The second-order valence-electron chi connectivity index (χ2n) is 9.05. The SMILES string of the molecule is Cc1c(C(C)Nc2nncc3ccc(N4CCCC(N(C)C)C4)cc23)cccc1C(F)(F)F. The van der Waals surface area contributed by atoms with Gasteiger partial charge in [0.05, 0.1) is 17.8 Å². The van der Waals surface area contributed by atoms with Crippen LogP contribution in [-0.2, 0) is 6.18 Å². The molecule has 0 amide bonds. The lowest BCUT2D eigenvalue weighted by molar-refractivity contribution is -0.138. The summed E-state index contributed by atoms with van der Waals surface area (Å²) in [5, 5.41) is 13.5. The number of hydrogen-bond donors (Lipinski definition) is 1. The molecule has 1 N–H and O–H groups in total. The van der Waals surface area contributed by atoms with Crippen molar-refractivity contribution < 1.29 is 13.2 Å². The number of nitrogens with one attached hydrogen (secondary N) is 1. The molecule has 8 heteroatoms. The summed E-state index contributed by atoms with van der Waals surface area (Å²) in [5.41, 5.74) is 1.32. The molecule has 1 fully saturated rings. The Morgan fingerprint density at radius 1 is 1.18 bits per heavy atom. The summed E-state index contributed by atoms with van der Waals surface area (Å²) in [4.78, 5) is 4.66.